The topological polar surface area (TPSA) is 17.8 Å². The van der Waals surface area contributed by atoms with Crippen molar-refractivity contribution in [2.24, 2.45) is 0 Å². The van der Waals surface area contributed by atoms with Crippen molar-refractivity contribution < 1.29 is 0 Å². The van der Waals surface area contributed by atoms with Crippen LogP contribution in [0.5, 0.6) is 0 Å². The summed E-state index contributed by atoms with van der Waals surface area (Å²) in [5, 5.41) is 2.56. The number of hydrogen-bond donors (Lipinski definition) is 0. The van der Waals surface area contributed by atoms with Crippen LogP contribution >= 0.6 is 0 Å². The van der Waals surface area contributed by atoms with Crippen LogP contribution in [0, 0.1) is 6.92 Å². The third-order valence-electron chi connectivity index (χ3n) is 8.84. The number of aryl methyl sites for hydroxylation is 1. The van der Waals surface area contributed by atoms with E-state index in [1.54, 1.807) is 0 Å². The number of benzene rings is 4. The van der Waals surface area contributed by atoms with E-state index in [-0.39, 0.29) is 0 Å². The van der Waals surface area contributed by atoms with Gasteiger partial charge < -0.3 is 4.57 Å². The van der Waals surface area contributed by atoms with Crippen molar-refractivity contribution in [1.82, 2.24) is 9.55 Å². The fourth-order valence-electron chi connectivity index (χ4n) is 6.50. The zero-order chi connectivity index (χ0) is 30.6. The second-order valence-corrected chi connectivity index (χ2v) is 11.9. The van der Waals surface area contributed by atoms with Crippen molar-refractivity contribution in [2.75, 3.05) is 0 Å². The number of aromatic nitrogens is 2. The summed E-state index contributed by atoms with van der Waals surface area (Å²) in [6.45, 7) is 4.38. The highest BCUT2D eigenvalue weighted by molar-refractivity contribution is 6.10. The van der Waals surface area contributed by atoms with Crippen molar-refractivity contribution in [3.05, 3.63) is 168 Å². The van der Waals surface area contributed by atoms with Gasteiger partial charge >= 0.3 is 0 Å². The lowest BCUT2D eigenvalue weighted by atomic mass is 9.97. The molecule has 0 unspecified atom stereocenters. The van der Waals surface area contributed by atoms with E-state index in [4.69, 9.17) is 0 Å². The highest BCUT2D eigenvalue weighted by Gasteiger charge is 2.14. The fourth-order valence-corrected chi connectivity index (χ4v) is 6.50. The molecule has 2 aromatic heterocycles. The van der Waals surface area contributed by atoms with Gasteiger partial charge in [0.05, 0.1) is 16.7 Å². The van der Waals surface area contributed by atoms with E-state index in [2.05, 4.69) is 163 Å². The van der Waals surface area contributed by atoms with E-state index < -0.39 is 0 Å². The SMILES string of the molecule is CC/C(=C\C=C/Cc1cccc(-n2c3ccccc3c3ccc(-c4cccc(C)c4)cc32)c1)c1ccnc(C2=CC=CCC2)c1. The summed E-state index contributed by atoms with van der Waals surface area (Å²) in [5.41, 5.74) is 13.7. The van der Waals surface area contributed by atoms with Crippen molar-refractivity contribution in [3.63, 3.8) is 0 Å². The predicted octanol–water partition coefficient (Wildman–Crippen LogP) is 11.5. The Kier molecular flexibility index (Phi) is 8.12. The van der Waals surface area contributed by atoms with Gasteiger partial charge in [-0.15, -0.1) is 0 Å². The quantitative estimate of drug-likeness (QED) is 0.163. The zero-order valence-corrected chi connectivity index (χ0v) is 26.1. The maximum atomic E-state index is 4.66. The molecule has 0 aliphatic heterocycles. The Balaban J connectivity index is 1.18. The summed E-state index contributed by atoms with van der Waals surface area (Å²) < 4.78 is 2.42. The van der Waals surface area contributed by atoms with Crippen molar-refractivity contribution in [2.45, 2.75) is 39.5 Å². The normalized spacial score (nSPS) is 13.6. The van der Waals surface area contributed by atoms with E-state index in [1.165, 1.54) is 66.5 Å². The molecule has 6 aromatic rings. The number of fused-ring (bicyclic) bond motifs is 3. The summed E-state index contributed by atoms with van der Waals surface area (Å²) in [5.74, 6) is 0. The fraction of sp³-hybridized carbons (Fsp3) is 0.140. The summed E-state index contributed by atoms with van der Waals surface area (Å²) >= 11 is 0. The lowest BCUT2D eigenvalue weighted by molar-refractivity contribution is 1.04. The van der Waals surface area contributed by atoms with Gasteiger partial charge in [0.2, 0.25) is 0 Å². The molecule has 1 aliphatic carbocycles. The van der Waals surface area contributed by atoms with E-state index in [0.29, 0.717) is 0 Å². The molecule has 0 amide bonds. The summed E-state index contributed by atoms with van der Waals surface area (Å²) in [4.78, 5) is 4.66. The molecule has 0 atom stereocenters. The summed E-state index contributed by atoms with van der Waals surface area (Å²) in [7, 11) is 0. The molecule has 7 rings (SSSR count). The Bertz CT molecular complexity index is 2130. The highest BCUT2D eigenvalue weighted by Crippen LogP contribution is 2.35. The predicted molar refractivity (Wildman–Crippen MR) is 193 cm³/mol. The molecular formula is C43H38N2. The zero-order valence-electron chi connectivity index (χ0n) is 26.1. The van der Waals surface area contributed by atoms with Gasteiger partial charge in [-0.25, -0.2) is 0 Å². The second-order valence-electron chi connectivity index (χ2n) is 11.9. The minimum absolute atomic E-state index is 0.869. The molecule has 0 N–H and O–H groups in total. The third kappa shape index (κ3) is 5.97. The Morgan fingerprint density at radius 1 is 0.822 bits per heavy atom. The first-order chi connectivity index (χ1) is 22.2. The average molecular weight is 583 g/mol. The van der Waals surface area contributed by atoms with Crippen LogP contribution in [0.2, 0.25) is 0 Å². The summed E-state index contributed by atoms with van der Waals surface area (Å²) in [6.07, 6.45) is 19.2. The first-order valence-corrected chi connectivity index (χ1v) is 16.1. The highest BCUT2D eigenvalue weighted by atomic mass is 15.0. The van der Waals surface area contributed by atoms with E-state index in [0.717, 1.165) is 31.4 Å². The molecule has 4 aromatic carbocycles. The number of hydrogen-bond acceptors (Lipinski definition) is 1. The molecule has 2 nitrogen and oxygen atoms in total. The van der Waals surface area contributed by atoms with Gasteiger partial charge in [0.15, 0.2) is 0 Å². The van der Waals surface area contributed by atoms with Crippen LogP contribution in [-0.2, 0) is 6.42 Å². The average Bonchev–Trinajstić information content (AvgIpc) is 3.42. The number of rotatable bonds is 8. The van der Waals surface area contributed by atoms with E-state index in [9.17, 15) is 0 Å². The first kappa shape index (κ1) is 28.6. The van der Waals surface area contributed by atoms with Gasteiger partial charge in [-0.05, 0) is 102 Å². The molecule has 2 heteroatoms. The van der Waals surface area contributed by atoms with Gasteiger partial charge in [-0.1, -0.05) is 116 Å². The maximum absolute atomic E-state index is 4.66. The Hall–Kier alpha value is -5.21. The first-order valence-electron chi connectivity index (χ1n) is 16.1. The Labute approximate surface area is 266 Å². The van der Waals surface area contributed by atoms with Crippen LogP contribution in [0.4, 0.5) is 0 Å². The molecule has 0 spiro atoms. The van der Waals surface area contributed by atoms with Gasteiger partial charge in [-0.3, -0.25) is 4.98 Å². The molecular weight excluding hydrogens is 544 g/mol. The number of pyridine rings is 1. The van der Waals surface area contributed by atoms with Gasteiger partial charge in [0, 0.05) is 22.7 Å². The van der Waals surface area contributed by atoms with Crippen molar-refractivity contribution in [1.29, 1.82) is 0 Å². The lowest BCUT2D eigenvalue weighted by Gasteiger charge is -2.11. The molecule has 0 bridgehead atoms. The second kappa shape index (κ2) is 12.8. The van der Waals surface area contributed by atoms with Gasteiger partial charge in [-0.2, -0.15) is 0 Å². The Morgan fingerprint density at radius 3 is 2.56 bits per heavy atom. The number of nitrogens with zero attached hydrogens (tertiary/aromatic N) is 2. The minimum atomic E-state index is 0.869. The van der Waals surface area contributed by atoms with E-state index in [1.807, 2.05) is 6.20 Å². The standard InChI is InChI=1S/C43H38N2/c1-3-33(37-25-26-44-41(29-37)34-17-5-4-6-18-34)16-8-7-14-32-15-12-20-38(28-32)45-42-22-10-9-21-39(42)40-24-23-36(30-43(40)45)35-19-11-13-31(2)27-35/h4-5,7-13,15-17,19-30H,3,6,14,18H2,1-2H3/b8-7-,33-16+. The maximum Gasteiger partial charge on any atom is 0.0667 e. The monoisotopic (exact) mass is 582 g/mol. The smallest absolute Gasteiger partial charge is 0.0667 e. The third-order valence-corrected chi connectivity index (χ3v) is 8.84. The molecule has 0 saturated heterocycles. The molecule has 1 aliphatic rings. The lowest BCUT2D eigenvalue weighted by Crippen LogP contribution is -1.95. The Morgan fingerprint density at radius 2 is 1.69 bits per heavy atom. The van der Waals surface area contributed by atoms with Crippen molar-refractivity contribution >= 4 is 33.0 Å². The minimum Gasteiger partial charge on any atom is -0.309 e. The van der Waals surface area contributed by atoms with Crippen LogP contribution in [-0.4, -0.2) is 9.55 Å². The van der Waals surface area contributed by atoms with E-state index >= 15 is 0 Å². The molecule has 2 heterocycles. The largest absolute Gasteiger partial charge is 0.309 e. The van der Waals surface area contributed by atoms with Crippen LogP contribution < -0.4 is 0 Å². The van der Waals surface area contributed by atoms with Crippen LogP contribution in [0.3, 0.4) is 0 Å². The number of allylic oxidation sites excluding steroid dienone is 8. The van der Waals surface area contributed by atoms with Crippen LogP contribution in [0.1, 0.15) is 48.6 Å². The van der Waals surface area contributed by atoms with Crippen molar-refractivity contribution in [3.8, 4) is 16.8 Å². The summed E-state index contributed by atoms with van der Waals surface area (Å²) in [6, 6.07) is 37.7. The molecule has 0 fully saturated rings. The molecule has 45 heavy (non-hydrogen) atoms. The number of para-hydroxylation sites is 1. The van der Waals surface area contributed by atoms with Crippen LogP contribution in [0.25, 0.3) is 49.8 Å². The van der Waals surface area contributed by atoms with Gasteiger partial charge in [0.25, 0.3) is 0 Å². The molecule has 0 saturated carbocycles. The molecule has 220 valence electrons. The van der Waals surface area contributed by atoms with Gasteiger partial charge in [0.1, 0.15) is 0 Å². The van der Waals surface area contributed by atoms with Crippen LogP contribution in [0.15, 0.2) is 146 Å². The molecule has 0 radical (unpaired) electrons.